The van der Waals surface area contributed by atoms with E-state index in [2.05, 4.69) is 10.1 Å². The first-order valence-electron chi connectivity index (χ1n) is 6.51. The van der Waals surface area contributed by atoms with Crippen molar-refractivity contribution in [3.05, 3.63) is 17.5 Å². The third-order valence-corrected chi connectivity index (χ3v) is 3.74. The van der Waals surface area contributed by atoms with Gasteiger partial charge in [0.25, 0.3) is 5.91 Å². The van der Waals surface area contributed by atoms with Gasteiger partial charge in [0.05, 0.1) is 0 Å². The Hall–Kier alpha value is -1.32. The van der Waals surface area contributed by atoms with E-state index in [-0.39, 0.29) is 5.91 Å². The van der Waals surface area contributed by atoms with Crippen molar-refractivity contribution in [3.63, 3.8) is 0 Å². The summed E-state index contributed by atoms with van der Waals surface area (Å²) in [6.07, 6.45) is 7.11. The third kappa shape index (κ3) is 2.08. The van der Waals surface area contributed by atoms with Crippen molar-refractivity contribution >= 4 is 5.91 Å². The average Bonchev–Trinajstić information content (AvgIpc) is 2.82. The summed E-state index contributed by atoms with van der Waals surface area (Å²) in [5.41, 5.74) is 0.473. The number of carbonyl (C=O) groups is 1. The van der Waals surface area contributed by atoms with Crippen LogP contribution in [0, 0.1) is 6.92 Å². The van der Waals surface area contributed by atoms with Crippen LogP contribution in [0.5, 0.6) is 0 Å². The Labute approximate surface area is 101 Å². The summed E-state index contributed by atoms with van der Waals surface area (Å²) in [6.45, 7) is 1.82. The predicted molar refractivity (Wildman–Crippen MR) is 62.7 cm³/mol. The lowest BCUT2D eigenvalue weighted by molar-refractivity contribution is 0.0653. The molecule has 1 amide bonds. The van der Waals surface area contributed by atoms with E-state index in [9.17, 15) is 4.79 Å². The second-order valence-corrected chi connectivity index (χ2v) is 5.20. The van der Waals surface area contributed by atoms with E-state index < -0.39 is 0 Å². The number of amides is 1. The van der Waals surface area contributed by atoms with Gasteiger partial charge in [-0.25, -0.2) is 0 Å². The standard InChI is InChI=1S/C13H18N2O2/c1-9-8-12(14-17-9)13(16)15(11-6-7-11)10-4-2-3-5-10/h8,10-11H,2-7H2,1H3. The third-order valence-electron chi connectivity index (χ3n) is 3.74. The van der Waals surface area contributed by atoms with E-state index in [4.69, 9.17) is 4.52 Å². The Morgan fingerprint density at radius 2 is 1.94 bits per heavy atom. The van der Waals surface area contributed by atoms with Crippen LogP contribution in [0.1, 0.15) is 54.8 Å². The zero-order valence-electron chi connectivity index (χ0n) is 10.2. The molecule has 0 radical (unpaired) electrons. The van der Waals surface area contributed by atoms with Crippen LogP contribution in [0.25, 0.3) is 0 Å². The van der Waals surface area contributed by atoms with Crippen molar-refractivity contribution < 1.29 is 9.32 Å². The zero-order valence-corrected chi connectivity index (χ0v) is 10.2. The van der Waals surface area contributed by atoms with Gasteiger partial charge in [-0.05, 0) is 32.6 Å². The molecule has 2 fully saturated rings. The van der Waals surface area contributed by atoms with E-state index in [0.717, 1.165) is 25.7 Å². The summed E-state index contributed by atoms with van der Waals surface area (Å²) in [5.74, 6) is 0.770. The normalized spacial score (nSPS) is 20.8. The van der Waals surface area contributed by atoms with E-state index >= 15 is 0 Å². The van der Waals surface area contributed by atoms with Crippen LogP contribution in [0.4, 0.5) is 0 Å². The highest BCUT2D eigenvalue weighted by molar-refractivity contribution is 5.93. The van der Waals surface area contributed by atoms with Gasteiger partial charge in [0.2, 0.25) is 0 Å². The van der Waals surface area contributed by atoms with Gasteiger partial charge < -0.3 is 9.42 Å². The van der Waals surface area contributed by atoms with E-state index in [1.165, 1.54) is 12.8 Å². The summed E-state index contributed by atoms with van der Waals surface area (Å²) in [6, 6.07) is 2.64. The number of aryl methyl sites for hydroxylation is 1. The number of hydrogen-bond acceptors (Lipinski definition) is 3. The molecule has 3 rings (SSSR count). The topological polar surface area (TPSA) is 46.3 Å². The molecule has 1 aromatic heterocycles. The van der Waals surface area contributed by atoms with Gasteiger partial charge in [0.1, 0.15) is 5.76 Å². The van der Waals surface area contributed by atoms with Gasteiger partial charge in [-0.1, -0.05) is 18.0 Å². The highest BCUT2D eigenvalue weighted by Crippen LogP contribution is 2.35. The van der Waals surface area contributed by atoms with E-state index in [1.807, 2.05) is 6.92 Å². The molecule has 1 aromatic rings. The van der Waals surface area contributed by atoms with E-state index in [0.29, 0.717) is 23.5 Å². The molecule has 0 atom stereocenters. The number of aromatic nitrogens is 1. The number of rotatable bonds is 3. The second-order valence-electron chi connectivity index (χ2n) is 5.20. The van der Waals surface area contributed by atoms with Crippen LogP contribution in [0.3, 0.4) is 0 Å². The van der Waals surface area contributed by atoms with Crippen molar-refractivity contribution in [3.8, 4) is 0 Å². The van der Waals surface area contributed by atoms with Crippen molar-refractivity contribution in [1.82, 2.24) is 10.1 Å². The summed E-state index contributed by atoms with van der Waals surface area (Å²) >= 11 is 0. The number of hydrogen-bond donors (Lipinski definition) is 0. The zero-order chi connectivity index (χ0) is 11.8. The molecule has 0 aliphatic heterocycles. The first-order chi connectivity index (χ1) is 8.25. The van der Waals surface area contributed by atoms with Crippen molar-refractivity contribution in [1.29, 1.82) is 0 Å². The summed E-state index contributed by atoms with van der Waals surface area (Å²) < 4.78 is 5.00. The minimum absolute atomic E-state index is 0.0660. The molecular formula is C13H18N2O2. The maximum Gasteiger partial charge on any atom is 0.276 e. The summed E-state index contributed by atoms with van der Waals surface area (Å²) in [5, 5.41) is 3.85. The second kappa shape index (κ2) is 4.17. The molecule has 17 heavy (non-hydrogen) atoms. The van der Waals surface area contributed by atoms with Crippen molar-refractivity contribution in [2.45, 2.75) is 57.5 Å². The molecule has 1 heterocycles. The number of nitrogens with zero attached hydrogens (tertiary/aromatic N) is 2. The minimum atomic E-state index is 0.0660. The van der Waals surface area contributed by atoms with Crippen LogP contribution in [-0.2, 0) is 0 Å². The predicted octanol–water partition coefficient (Wildman–Crippen LogP) is 2.53. The van der Waals surface area contributed by atoms with Gasteiger partial charge in [-0.3, -0.25) is 4.79 Å². The Bertz CT molecular complexity index is 417. The molecule has 0 unspecified atom stereocenters. The molecule has 0 aromatic carbocycles. The fraction of sp³-hybridized carbons (Fsp3) is 0.692. The molecule has 0 spiro atoms. The molecule has 0 N–H and O–H groups in total. The molecule has 2 saturated carbocycles. The van der Waals surface area contributed by atoms with E-state index in [1.54, 1.807) is 6.07 Å². The highest BCUT2D eigenvalue weighted by atomic mass is 16.5. The number of carbonyl (C=O) groups excluding carboxylic acids is 1. The summed E-state index contributed by atoms with van der Waals surface area (Å²) in [7, 11) is 0. The molecule has 0 saturated heterocycles. The lowest BCUT2D eigenvalue weighted by Gasteiger charge is -2.28. The van der Waals surface area contributed by atoms with Crippen LogP contribution in [0.2, 0.25) is 0 Å². The molecule has 4 nitrogen and oxygen atoms in total. The molecule has 4 heteroatoms. The quantitative estimate of drug-likeness (QED) is 0.807. The van der Waals surface area contributed by atoms with Gasteiger partial charge in [0.15, 0.2) is 5.69 Å². The Morgan fingerprint density at radius 3 is 2.47 bits per heavy atom. The molecule has 2 aliphatic rings. The summed E-state index contributed by atoms with van der Waals surface area (Å²) in [4.78, 5) is 14.5. The molecule has 0 bridgehead atoms. The Kier molecular flexibility index (Phi) is 2.65. The lowest BCUT2D eigenvalue weighted by Crippen LogP contribution is -2.40. The van der Waals surface area contributed by atoms with Crippen LogP contribution in [0.15, 0.2) is 10.6 Å². The average molecular weight is 234 g/mol. The SMILES string of the molecule is Cc1cc(C(=O)N(C2CCCC2)C2CC2)no1. The molecular weight excluding hydrogens is 216 g/mol. The first kappa shape index (κ1) is 10.8. The van der Waals surface area contributed by atoms with Crippen molar-refractivity contribution in [2.24, 2.45) is 0 Å². The van der Waals surface area contributed by atoms with Gasteiger partial charge >= 0.3 is 0 Å². The lowest BCUT2D eigenvalue weighted by atomic mass is 10.2. The van der Waals surface area contributed by atoms with Crippen LogP contribution >= 0.6 is 0 Å². The van der Waals surface area contributed by atoms with Gasteiger partial charge in [0, 0.05) is 18.2 Å². The van der Waals surface area contributed by atoms with Crippen LogP contribution in [-0.4, -0.2) is 28.0 Å². The fourth-order valence-corrected chi connectivity index (χ4v) is 2.76. The smallest absolute Gasteiger partial charge is 0.276 e. The Morgan fingerprint density at radius 1 is 1.29 bits per heavy atom. The maximum absolute atomic E-state index is 12.4. The minimum Gasteiger partial charge on any atom is -0.361 e. The largest absolute Gasteiger partial charge is 0.361 e. The monoisotopic (exact) mass is 234 g/mol. The first-order valence-corrected chi connectivity index (χ1v) is 6.51. The maximum atomic E-state index is 12.4. The van der Waals surface area contributed by atoms with Gasteiger partial charge in [-0.2, -0.15) is 0 Å². The molecule has 92 valence electrons. The fourth-order valence-electron chi connectivity index (χ4n) is 2.76. The highest BCUT2D eigenvalue weighted by Gasteiger charge is 2.39. The van der Waals surface area contributed by atoms with Crippen LogP contribution < -0.4 is 0 Å². The molecule has 2 aliphatic carbocycles. The van der Waals surface area contributed by atoms with Gasteiger partial charge in [-0.15, -0.1) is 0 Å². The Balaban J connectivity index is 1.80. The van der Waals surface area contributed by atoms with Crippen molar-refractivity contribution in [2.75, 3.05) is 0 Å².